The first-order chi connectivity index (χ1) is 13.2. The molecule has 4 rings (SSSR count). The molecule has 2 aromatic rings. The Hall–Kier alpha value is -2.18. The van der Waals surface area contributed by atoms with Gasteiger partial charge >= 0.3 is 0 Å². The number of nitrogens with zero attached hydrogens (tertiary/aromatic N) is 2. The summed E-state index contributed by atoms with van der Waals surface area (Å²) < 4.78 is 10.9. The van der Waals surface area contributed by atoms with Crippen molar-refractivity contribution in [1.82, 2.24) is 15.2 Å². The molecule has 0 radical (unpaired) electrons. The van der Waals surface area contributed by atoms with Crippen LogP contribution in [-0.4, -0.2) is 61.8 Å². The molecule has 1 amide bonds. The predicted molar refractivity (Wildman–Crippen MR) is 104 cm³/mol. The third kappa shape index (κ3) is 4.06. The van der Waals surface area contributed by atoms with E-state index in [4.69, 9.17) is 9.47 Å². The molecule has 2 fully saturated rings. The maximum atomic E-state index is 13.0. The average Bonchev–Trinajstić information content (AvgIpc) is 3.21. The zero-order valence-electron chi connectivity index (χ0n) is 15.8. The second-order valence-corrected chi connectivity index (χ2v) is 7.50. The van der Waals surface area contributed by atoms with Crippen molar-refractivity contribution >= 4 is 16.8 Å². The number of piperidine rings is 1. The highest BCUT2D eigenvalue weighted by Crippen LogP contribution is 2.26. The minimum absolute atomic E-state index is 0.0758. The van der Waals surface area contributed by atoms with Crippen molar-refractivity contribution in [2.24, 2.45) is 5.92 Å². The maximum absolute atomic E-state index is 13.0. The van der Waals surface area contributed by atoms with E-state index in [0.717, 1.165) is 56.6 Å². The maximum Gasteiger partial charge on any atom is 0.256 e. The van der Waals surface area contributed by atoms with Crippen molar-refractivity contribution in [3.05, 3.63) is 36.0 Å². The van der Waals surface area contributed by atoms with Crippen LogP contribution >= 0.6 is 0 Å². The number of carbonyl (C=O) groups is 1. The Morgan fingerprint density at radius 3 is 2.85 bits per heavy atom. The first-order valence-electron chi connectivity index (χ1n) is 9.77. The molecule has 6 heteroatoms. The van der Waals surface area contributed by atoms with E-state index in [9.17, 15) is 4.79 Å². The predicted octanol–water partition coefficient (Wildman–Crippen LogP) is 2.47. The van der Waals surface area contributed by atoms with Crippen LogP contribution in [0, 0.1) is 5.92 Å². The summed E-state index contributed by atoms with van der Waals surface area (Å²) in [5, 5.41) is 4.05. The van der Waals surface area contributed by atoms with Gasteiger partial charge in [-0.25, -0.2) is 0 Å². The fourth-order valence-electron chi connectivity index (χ4n) is 4.12. The molecule has 27 heavy (non-hydrogen) atoms. The van der Waals surface area contributed by atoms with Gasteiger partial charge in [-0.2, -0.15) is 0 Å². The molecule has 0 aliphatic carbocycles. The molecule has 1 atom stereocenters. The van der Waals surface area contributed by atoms with Gasteiger partial charge in [-0.05, 0) is 31.2 Å². The molecule has 0 saturated carbocycles. The third-order valence-corrected chi connectivity index (χ3v) is 5.65. The molecule has 2 aliphatic rings. The number of rotatable bonds is 5. The second-order valence-electron chi connectivity index (χ2n) is 7.50. The number of para-hydroxylation sites is 1. The summed E-state index contributed by atoms with van der Waals surface area (Å²) in [5.74, 6) is 1.11. The van der Waals surface area contributed by atoms with Crippen LogP contribution in [0.2, 0.25) is 0 Å². The Balaban J connectivity index is 1.40. The molecule has 0 bridgehead atoms. The number of carbonyl (C=O) groups excluding carboxylic acids is 1. The zero-order valence-corrected chi connectivity index (χ0v) is 15.8. The van der Waals surface area contributed by atoms with E-state index in [1.165, 1.54) is 6.42 Å². The first kappa shape index (κ1) is 18.2. The lowest BCUT2D eigenvalue weighted by Gasteiger charge is -2.33. The molecule has 144 valence electrons. The summed E-state index contributed by atoms with van der Waals surface area (Å²) >= 11 is 0. The molecule has 1 unspecified atom stereocenters. The van der Waals surface area contributed by atoms with Crippen molar-refractivity contribution in [1.29, 1.82) is 0 Å². The Morgan fingerprint density at radius 2 is 2.11 bits per heavy atom. The largest absolute Gasteiger partial charge is 0.494 e. The Bertz CT molecular complexity index is 796. The van der Waals surface area contributed by atoms with Gasteiger partial charge in [-0.15, -0.1) is 0 Å². The van der Waals surface area contributed by atoms with Crippen LogP contribution in [0.5, 0.6) is 5.75 Å². The van der Waals surface area contributed by atoms with Gasteiger partial charge in [0.15, 0.2) is 5.75 Å². The van der Waals surface area contributed by atoms with Gasteiger partial charge in [0.2, 0.25) is 0 Å². The number of amides is 1. The standard InChI is InChI=1S/C21H27N3O3/c1-26-19-12-22-18-5-3-2-4-17(18)20(19)21(25)23-16-6-9-24(10-7-16)13-15-8-11-27-14-15/h2-5,12,15-16H,6-11,13-14H2,1H3,(H,23,25). The third-order valence-electron chi connectivity index (χ3n) is 5.65. The molecule has 6 nitrogen and oxygen atoms in total. The van der Waals surface area contributed by atoms with E-state index < -0.39 is 0 Å². The fourth-order valence-corrected chi connectivity index (χ4v) is 4.12. The summed E-state index contributed by atoms with van der Waals surface area (Å²) in [6.07, 6.45) is 4.75. The number of hydrogen-bond acceptors (Lipinski definition) is 5. The van der Waals surface area contributed by atoms with E-state index in [1.54, 1.807) is 13.3 Å². The molecule has 3 heterocycles. The van der Waals surface area contributed by atoms with Gasteiger partial charge in [-0.3, -0.25) is 9.78 Å². The lowest BCUT2D eigenvalue weighted by atomic mass is 10.0. The van der Waals surface area contributed by atoms with Crippen molar-refractivity contribution in [3.8, 4) is 5.75 Å². The van der Waals surface area contributed by atoms with Gasteiger partial charge in [-0.1, -0.05) is 18.2 Å². The molecule has 2 saturated heterocycles. The highest BCUT2D eigenvalue weighted by atomic mass is 16.5. The normalized spacial score (nSPS) is 21.4. The number of hydrogen-bond donors (Lipinski definition) is 1. The fraction of sp³-hybridized carbons (Fsp3) is 0.524. The quantitative estimate of drug-likeness (QED) is 0.877. The number of fused-ring (bicyclic) bond motifs is 1. The molecular weight excluding hydrogens is 342 g/mol. The number of aromatic nitrogens is 1. The number of pyridine rings is 1. The van der Waals surface area contributed by atoms with Crippen molar-refractivity contribution in [2.45, 2.75) is 25.3 Å². The van der Waals surface area contributed by atoms with Crippen LogP contribution in [0.25, 0.3) is 10.9 Å². The van der Waals surface area contributed by atoms with E-state index in [0.29, 0.717) is 17.2 Å². The summed E-state index contributed by atoms with van der Waals surface area (Å²) in [4.78, 5) is 19.9. The number of benzene rings is 1. The zero-order chi connectivity index (χ0) is 18.6. The number of nitrogens with one attached hydrogen (secondary N) is 1. The van der Waals surface area contributed by atoms with Gasteiger partial charge in [0.05, 0.1) is 31.0 Å². The molecule has 1 N–H and O–H groups in total. The average molecular weight is 369 g/mol. The van der Waals surface area contributed by atoms with Gasteiger partial charge in [0.25, 0.3) is 5.91 Å². The van der Waals surface area contributed by atoms with Crippen molar-refractivity contribution < 1.29 is 14.3 Å². The highest BCUT2D eigenvalue weighted by Gasteiger charge is 2.26. The lowest BCUT2D eigenvalue weighted by Crippen LogP contribution is -2.46. The molecular formula is C21H27N3O3. The molecule has 1 aromatic carbocycles. The van der Waals surface area contributed by atoms with Crippen LogP contribution in [0.4, 0.5) is 0 Å². The molecule has 2 aliphatic heterocycles. The monoisotopic (exact) mass is 369 g/mol. The van der Waals surface area contributed by atoms with E-state index in [1.807, 2.05) is 24.3 Å². The topological polar surface area (TPSA) is 63.7 Å². The summed E-state index contributed by atoms with van der Waals surface area (Å²) in [6, 6.07) is 7.88. The summed E-state index contributed by atoms with van der Waals surface area (Å²) in [7, 11) is 1.58. The second kappa shape index (κ2) is 8.23. The molecule has 0 spiro atoms. The smallest absolute Gasteiger partial charge is 0.256 e. The van der Waals surface area contributed by atoms with Crippen LogP contribution in [-0.2, 0) is 4.74 Å². The van der Waals surface area contributed by atoms with Crippen LogP contribution in [0.1, 0.15) is 29.6 Å². The van der Waals surface area contributed by atoms with Gasteiger partial charge < -0.3 is 19.7 Å². The SMILES string of the molecule is COc1cnc2ccccc2c1C(=O)NC1CCN(CC2CCOC2)CC1. The summed E-state index contributed by atoms with van der Waals surface area (Å²) in [6.45, 7) is 4.96. The Labute approximate surface area is 159 Å². The Morgan fingerprint density at radius 1 is 1.30 bits per heavy atom. The lowest BCUT2D eigenvalue weighted by molar-refractivity contribution is 0.0902. The van der Waals surface area contributed by atoms with E-state index in [-0.39, 0.29) is 11.9 Å². The van der Waals surface area contributed by atoms with E-state index in [2.05, 4.69) is 15.2 Å². The van der Waals surface area contributed by atoms with Gasteiger partial charge in [0, 0.05) is 37.7 Å². The minimum atomic E-state index is -0.0758. The molecule has 1 aromatic heterocycles. The van der Waals surface area contributed by atoms with Crippen molar-refractivity contribution in [2.75, 3.05) is 40.0 Å². The van der Waals surface area contributed by atoms with Crippen LogP contribution in [0.15, 0.2) is 30.5 Å². The van der Waals surface area contributed by atoms with Crippen LogP contribution in [0.3, 0.4) is 0 Å². The summed E-state index contributed by atoms with van der Waals surface area (Å²) in [5.41, 5.74) is 1.38. The first-order valence-corrected chi connectivity index (χ1v) is 9.77. The number of likely N-dealkylation sites (tertiary alicyclic amines) is 1. The Kier molecular flexibility index (Phi) is 5.55. The minimum Gasteiger partial charge on any atom is -0.494 e. The van der Waals surface area contributed by atoms with Crippen molar-refractivity contribution in [3.63, 3.8) is 0 Å². The van der Waals surface area contributed by atoms with Gasteiger partial charge in [0.1, 0.15) is 0 Å². The number of ether oxygens (including phenoxy) is 2. The van der Waals surface area contributed by atoms with Crippen LogP contribution < -0.4 is 10.1 Å². The van der Waals surface area contributed by atoms with E-state index >= 15 is 0 Å². The highest BCUT2D eigenvalue weighted by molar-refractivity contribution is 6.08. The number of methoxy groups -OCH3 is 1.